The van der Waals surface area contributed by atoms with Gasteiger partial charge in [0.05, 0.1) is 0 Å². The van der Waals surface area contributed by atoms with E-state index in [-0.39, 0.29) is 31.1 Å². The summed E-state index contributed by atoms with van der Waals surface area (Å²) in [5.74, 6) is -0.879. The van der Waals surface area contributed by atoms with E-state index in [2.05, 4.69) is 130 Å². The maximum Gasteiger partial charge on any atom is 0.306 e. The molecule has 0 amide bonds. The topological polar surface area (TPSA) is 78.9 Å². The monoisotopic (exact) mass is 1120 g/mol. The minimum absolute atomic E-state index is 0.0754. The van der Waals surface area contributed by atoms with Gasteiger partial charge in [0.25, 0.3) is 0 Å². The third kappa shape index (κ3) is 66.8. The van der Waals surface area contributed by atoms with Crippen LogP contribution in [0.2, 0.25) is 0 Å². The Morgan fingerprint density at radius 3 is 0.753 bits per heavy atom. The summed E-state index contributed by atoms with van der Waals surface area (Å²) in [6, 6.07) is 0. The average Bonchev–Trinajstić information content (AvgIpc) is 3.47. The molecule has 0 radical (unpaired) electrons. The third-order valence-corrected chi connectivity index (χ3v) is 14.8. The lowest BCUT2D eigenvalue weighted by Gasteiger charge is -2.18. The van der Waals surface area contributed by atoms with Gasteiger partial charge in [-0.3, -0.25) is 14.4 Å². The lowest BCUT2D eigenvalue weighted by molar-refractivity contribution is -0.167. The third-order valence-electron chi connectivity index (χ3n) is 14.8. The molecular formula is C75H128O6. The Bertz CT molecular complexity index is 1620. The van der Waals surface area contributed by atoms with Gasteiger partial charge in [0.2, 0.25) is 0 Å². The van der Waals surface area contributed by atoms with E-state index in [0.29, 0.717) is 19.3 Å². The number of allylic oxidation sites excluding steroid dienone is 18. The number of unbranched alkanes of at least 4 members (excludes halogenated alkanes) is 33. The minimum Gasteiger partial charge on any atom is -0.462 e. The van der Waals surface area contributed by atoms with Gasteiger partial charge in [-0.05, 0) is 103 Å². The van der Waals surface area contributed by atoms with Crippen molar-refractivity contribution in [2.24, 2.45) is 0 Å². The van der Waals surface area contributed by atoms with E-state index in [1.165, 1.54) is 167 Å². The molecule has 0 aromatic heterocycles. The molecular weight excluding hydrogens is 997 g/mol. The maximum absolute atomic E-state index is 12.9. The van der Waals surface area contributed by atoms with Crippen LogP contribution in [0.4, 0.5) is 0 Å². The molecule has 81 heavy (non-hydrogen) atoms. The zero-order valence-electron chi connectivity index (χ0n) is 53.3. The van der Waals surface area contributed by atoms with Crippen molar-refractivity contribution in [2.45, 2.75) is 335 Å². The summed E-state index contributed by atoms with van der Waals surface area (Å²) in [6.45, 7) is 6.36. The number of ether oxygens (including phenoxy) is 3. The van der Waals surface area contributed by atoms with Crippen molar-refractivity contribution in [3.63, 3.8) is 0 Å². The van der Waals surface area contributed by atoms with Gasteiger partial charge in [-0.2, -0.15) is 0 Å². The van der Waals surface area contributed by atoms with Crippen molar-refractivity contribution >= 4 is 17.9 Å². The second kappa shape index (κ2) is 68.6. The molecule has 1 atom stereocenters. The number of hydrogen-bond acceptors (Lipinski definition) is 6. The lowest BCUT2D eigenvalue weighted by atomic mass is 10.0. The molecule has 0 bridgehead atoms. The molecule has 0 spiro atoms. The number of rotatable bonds is 62. The van der Waals surface area contributed by atoms with Crippen molar-refractivity contribution in [3.8, 4) is 0 Å². The molecule has 464 valence electrons. The zero-order chi connectivity index (χ0) is 58.5. The molecule has 0 heterocycles. The SMILES string of the molecule is CC/C=C\C/C=C\C/C=C\C/C=C\C/C=C\CCCCCCCCCCCCCCCCCC(=O)OCC(COC(=O)CCCCCCC)OC(=O)CCCCCCCCCCCCCCCC/C=C\C/C=C\C/C=C\C/C=C\CC. The fourth-order valence-electron chi connectivity index (χ4n) is 9.70. The van der Waals surface area contributed by atoms with Crippen LogP contribution in [-0.4, -0.2) is 37.2 Å². The van der Waals surface area contributed by atoms with Crippen LogP contribution in [0.5, 0.6) is 0 Å². The molecule has 0 aliphatic rings. The van der Waals surface area contributed by atoms with Gasteiger partial charge >= 0.3 is 17.9 Å². The highest BCUT2D eigenvalue weighted by molar-refractivity contribution is 5.71. The first-order valence-corrected chi connectivity index (χ1v) is 34.4. The van der Waals surface area contributed by atoms with Crippen LogP contribution in [-0.2, 0) is 28.6 Å². The van der Waals surface area contributed by atoms with E-state index in [1.54, 1.807) is 0 Å². The predicted octanol–water partition coefficient (Wildman–Crippen LogP) is 23.8. The fraction of sp³-hybridized carbons (Fsp3) is 0.720. The molecule has 0 aliphatic carbocycles. The van der Waals surface area contributed by atoms with Crippen LogP contribution < -0.4 is 0 Å². The Labute approximate surface area is 501 Å². The second-order valence-electron chi connectivity index (χ2n) is 22.7. The number of esters is 3. The summed E-state index contributed by atoms with van der Waals surface area (Å²) in [6.07, 6.45) is 94.5. The molecule has 0 fully saturated rings. The normalized spacial score (nSPS) is 12.8. The first kappa shape index (κ1) is 77.1. The molecule has 1 unspecified atom stereocenters. The molecule has 0 aromatic rings. The molecule has 0 saturated carbocycles. The largest absolute Gasteiger partial charge is 0.462 e. The standard InChI is InChI=1S/C75H128O6/c1-4-7-10-13-15-17-19-21-23-25-27-29-31-33-35-36-37-38-40-41-43-45-47-49-51-53-55-57-59-62-65-68-74(77)80-71-72(70-79-73(76)67-64-61-12-9-6-3)81-75(78)69-66-63-60-58-56-54-52-50-48-46-44-42-39-34-32-30-28-26-24-22-20-18-16-14-11-8-5-2/h7-8,10-11,15-18,21-24,27-30,33,35,72H,4-6,9,12-14,19-20,25-26,31-32,34,36-71H2,1-3H3/b10-7-,11-8-,17-15-,18-16-,23-21-,24-22-,29-27-,30-28-,35-33-. The van der Waals surface area contributed by atoms with Crippen molar-refractivity contribution in [3.05, 3.63) is 109 Å². The highest BCUT2D eigenvalue weighted by Crippen LogP contribution is 2.17. The second-order valence-corrected chi connectivity index (χ2v) is 22.7. The zero-order valence-corrected chi connectivity index (χ0v) is 53.3. The Balaban J connectivity index is 3.98. The summed E-state index contributed by atoms with van der Waals surface area (Å²) in [7, 11) is 0. The molecule has 0 aromatic carbocycles. The molecule has 0 N–H and O–H groups in total. The number of carbonyl (C=O) groups is 3. The summed E-state index contributed by atoms with van der Waals surface area (Å²) < 4.78 is 16.8. The highest BCUT2D eigenvalue weighted by Gasteiger charge is 2.19. The van der Waals surface area contributed by atoms with Crippen LogP contribution in [0, 0.1) is 0 Å². The number of carbonyl (C=O) groups excluding carboxylic acids is 3. The average molecular weight is 1130 g/mol. The maximum atomic E-state index is 12.9. The first-order valence-electron chi connectivity index (χ1n) is 34.4. The quantitative estimate of drug-likeness (QED) is 0.0261. The summed E-state index contributed by atoms with van der Waals surface area (Å²) >= 11 is 0. The van der Waals surface area contributed by atoms with Gasteiger partial charge in [-0.25, -0.2) is 0 Å². The van der Waals surface area contributed by atoms with Crippen molar-refractivity contribution in [1.82, 2.24) is 0 Å². The van der Waals surface area contributed by atoms with Gasteiger partial charge < -0.3 is 14.2 Å². The van der Waals surface area contributed by atoms with Crippen LogP contribution in [0.3, 0.4) is 0 Å². The first-order chi connectivity index (χ1) is 40.0. The van der Waals surface area contributed by atoms with E-state index >= 15 is 0 Å². The molecule has 0 aliphatic heterocycles. The van der Waals surface area contributed by atoms with Crippen LogP contribution >= 0.6 is 0 Å². The van der Waals surface area contributed by atoms with E-state index in [1.807, 2.05) is 0 Å². The van der Waals surface area contributed by atoms with Gasteiger partial charge in [-0.15, -0.1) is 0 Å². The Kier molecular flexibility index (Phi) is 65.2. The van der Waals surface area contributed by atoms with Gasteiger partial charge in [0, 0.05) is 19.3 Å². The smallest absolute Gasteiger partial charge is 0.306 e. The predicted molar refractivity (Wildman–Crippen MR) is 353 cm³/mol. The molecule has 6 nitrogen and oxygen atoms in total. The van der Waals surface area contributed by atoms with E-state index in [0.717, 1.165) is 122 Å². The van der Waals surface area contributed by atoms with Crippen molar-refractivity contribution in [2.75, 3.05) is 13.2 Å². The van der Waals surface area contributed by atoms with Gasteiger partial charge in [-0.1, -0.05) is 316 Å². The molecule has 6 heteroatoms. The van der Waals surface area contributed by atoms with Crippen LogP contribution in [0.1, 0.15) is 329 Å². The Morgan fingerprint density at radius 1 is 0.259 bits per heavy atom. The van der Waals surface area contributed by atoms with Gasteiger partial charge in [0.1, 0.15) is 13.2 Å². The Hall–Kier alpha value is -3.93. The van der Waals surface area contributed by atoms with Crippen molar-refractivity contribution in [1.29, 1.82) is 0 Å². The summed E-state index contributed by atoms with van der Waals surface area (Å²) in [4.78, 5) is 38.0. The molecule has 0 saturated heterocycles. The Morgan fingerprint density at radius 2 is 0.481 bits per heavy atom. The minimum atomic E-state index is -0.775. The summed E-state index contributed by atoms with van der Waals surface area (Å²) in [5.41, 5.74) is 0. The highest BCUT2D eigenvalue weighted by atomic mass is 16.6. The van der Waals surface area contributed by atoms with E-state index in [4.69, 9.17) is 14.2 Å². The van der Waals surface area contributed by atoms with E-state index in [9.17, 15) is 14.4 Å². The lowest BCUT2D eigenvalue weighted by Crippen LogP contribution is -2.30. The van der Waals surface area contributed by atoms with E-state index < -0.39 is 6.10 Å². The fourth-order valence-corrected chi connectivity index (χ4v) is 9.70. The van der Waals surface area contributed by atoms with Crippen molar-refractivity contribution < 1.29 is 28.6 Å². The van der Waals surface area contributed by atoms with Gasteiger partial charge in [0.15, 0.2) is 6.10 Å². The van der Waals surface area contributed by atoms with Crippen LogP contribution in [0.15, 0.2) is 109 Å². The molecule has 0 rings (SSSR count). The number of hydrogen-bond donors (Lipinski definition) is 0. The summed E-state index contributed by atoms with van der Waals surface area (Å²) in [5, 5.41) is 0. The van der Waals surface area contributed by atoms with Crippen LogP contribution in [0.25, 0.3) is 0 Å².